The number of nitrogens with zero attached hydrogens (tertiary/aromatic N) is 3. The molecular formula is C19H29N3O2. The molecule has 5 heteroatoms. The van der Waals surface area contributed by atoms with Crippen LogP contribution in [0.1, 0.15) is 27.2 Å². The first kappa shape index (κ1) is 18.5. The van der Waals surface area contributed by atoms with E-state index in [0.29, 0.717) is 25.3 Å². The summed E-state index contributed by atoms with van der Waals surface area (Å²) in [6, 6.07) is 0. The molecule has 0 aromatic carbocycles. The van der Waals surface area contributed by atoms with Gasteiger partial charge in [0, 0.05) is 51.4 Å². The maximum atomic E-state index is 12.3. The number of amides is 1. The molecule has 2 aliphatic rings. The lowest BCUT2D eigenvalue weighted by molar-refractivity contribution is -0.126. The summed E-state index contributed by atoms with van der Waals surface area (Å²) >= 11 is 0. The number of carbonyl (C=O) groups is 2. The highest BCUT2D eigenvalue weighted by Gasteiger charge is 2.26. The summed E-state index contributed by atoms with van der Waals surface area (Å²) in [5, 5.41) is 0. The quantitative estimate of drug-likeness (QED) is 0.699. The maximum Gasteiger partial charge on any atom is 0.246 e. The number of allylic oxidation sites excluding steroid dienone is 2. The first-order chi connectivity index (χ1) is 11.4. The molecule has 0 bridgehead atoms. The Bertz CT molecular complexity index is 559. The van der Waals surface area contributed by atoms with E-state index in [1.54, 1.807) is 17.9 Å². The monoisotopic (exact) mass is 331 g/mol. The fraction of sp³-hybridized carbons (Fsp3) is 0.579. The van der Waals surface area contributed by atoms with Gasteiger partial charge in [0.05, 0.1) is 12.2 Å². The Hall–Kier alpha value is -1.88. The van der Waals surface area contributed by atoms with Crippen LogP contribution >= 0.6 is 0 Å². The molecule has 0 aromatic rings. The minimum Gasteiger partial charge on any atom is -0.340 e. The van der Waals surface area contributed by atoms with E-state index in [-0.39, 0.29) is 11.7 Å². The first-order valence-electron chi connectivity index (χ1n) is 8.76. The maximum absolute atomic E-state index is 12.3. The number of hydrogen-bond acceptors (Lipinski definition) is 4. The van der Waals surface area contributed by atoms with Crippen LogP contribution in [0, 0.1) is 5.92 Å². The highest BCUT2D eigenvalue weighted by atomic mass is 16.2. The van der Waals surface area contributed by atoms with Crippen LogP contribution in [-0.4, -0.2) is 65.7 Å². The van der Waals surface area contributed by atoms with Crippen LogP contribution in [0.4, 0.5) is 0 Å². The molecule has 2 heterocycles. The molecule has 0 aromatic heterocycles. The van der Waals surface area contributed by atoms with Gasteiger partial charge in [-0.2, -0.15) is 0 Å². The predicted molar refractivity (Wildman–Crippen MR) is 96.2 cm³/mol. The number of ketones is 1. The molecule has 0 atom stereocenters. The number of Topliss-reactive ketones (excluding diaryl/α,β-unsaturated/α-hetero) is 1. The standard InChI is InChI=1S/C19H29N3O2/c1-5-7-18(17(4)23)22-11-10-21(14-16(22)3)19(24)8-6-9-20-12-15(2)13-20/h6-8,15H,3,5,9-14H2,1-2,4H3/b8-6+,18-7-. The molecule has 24 heavy (non-hydrogen) atoms. The molecule has 0 aliphatic carbocycles. The molecule has 5 nitrogen and oxygen atoms in total. The van der Waals surface area contributed by atoms with E-state index in [2.05, 4.69) is 18.4 Å². The zero-order chi connectivity index (χ0) is 17.7. The van der Waals surface area contributed by atoms with Gasteiger partial charge in [-0.25, -0.2) is 0 Å². The topological polar surface area (TPSA) is 43.9 Å². The third-order valence-corrected chi connectivity index (χ3v) is 4.47. The van der Waals surface area contributed by atoms with Gasteiger partial charge >= 0.3 is 0 Å². The second-order valence-electron chi connectivity index (χ2n) is 6.76. The normalized spacial score (nSPS) is 20.6. The lowest BCUT2D eigenvalue weighted by atomic mass is 10.0. The van der Waals surface area contributed by atoms with Crippen molar-refractivity contribution >= 4 is 11.7 Å². The van der Waals surface area contributed by atoms with E-state index in [1.165, 1.54) is 0 Å². The summed E-state index contributed by atoms with van der Waals surface area (Å²) < 4.78 is 0. The molecule has 0 saturated carbocycles. The third-order valence-electron chi connectivity index (χ3n) is 4.47. The average molecular weight is 331 g/mol. The Labute approximate surface area is 145 Å². The Morgan fingerprint density at radius 1 is 1.29 bits per heavy atom. The third kappa shape index (κ3) is 4.57. The summed E-state index contributed by atoms with van der Waals surface area (Å²) in [5.74, 6) is 0.840. The van der Waals surface area contributed by atoms with Gasteiger partial charge in [-0.1, -0.05) is 32.6 Å². The van der Waals surface area contributed by atoms with Gasteiger partial charge in [-0.05, 0) is 12.3 Å². The molecule has 132 valence electrons. The fourth-order valence-electron chi connectivity index (χ4n) is 3.26. The van der Waals surface area contributed by atoms with Crippen LogP contribution in [0.25, 0.3) is 0 Å². The van der Waals surface area contributed by atoms with Crippen molar-refractivity contribution in [3.8, 4) is 0 Å². The van der Waals surface area contributed by atoms with Crippen molar-refractivity contribution in [2.24, 2.45) is 5.92 Å². The average Bonchev–Trinajstić information content (AvgIpc) is 2.50. The van der Waals surface area contributed by atoms with Gasteiger partial charge in [0.15, 0.2) is 5.78 Å². The van der Waals surface area contributed by atoms with Crippen molar-refractivity contribution in [1.82, 2.24) is 14.7 Å². The second kappa shape index (κ2) is 8.29. The smallest absolute Gasteiger partial charge is 0.246 e. The van der Waals surface area contributed by atoms with E-state index < -0.39 is 0 Å². The molecule has 2 saturated heterocycles. The summed E-state index contributed by atoms with van der Waals surface area (Å²) in [5.41, 5.74) is 1.49. The zero-order valence-corrected chi connectivity index (χ0v) is 15.1. The van der Waals surface area contributed by atoms with Crippen LogP contribution in [0.5, 0.6) is 0 Å². The van der Waals surface area contributed by atoms with E-state index in [1.807, 2.05) is 24.0 Å². The Morgan fingerprint density at radius 3 is 2.54 bits per heavy atom. The van der Waals surface area contributed by atoms with Gasteiger partial charge in [-0.3, -0.25) is 14.5 Å². The van der Waals surface area contributed by atoms with Crippen molar-refractivity contribution in [3.05, 3.63) is 36.2 Å². The van der Waals surface area contributed by atoms with Crippen molar-refractivity contribution in [1.29, 1.82) is 0 Å². The van der Waals surface area contributed by atoms with Crippen LogP contribution in [0.2, 0.25) is 0 Å². The van der Waals surface area contributed by atoms with Gasteiger partial charge in [0.1, 0.15) is 0 Å². The summed E-state index contributed by atoms with van der Waals surface area (Å²) in [4.78, 5) is 30.2. The Balaban J connectivity index is 1.86. The van der Waals surface area contributed by atoms with Gasteiger partial charge < -0.3 is 9.80 Å². The number of piperazine rings is 1. The van der Waals surface area contributed by atoms with E-state index in [0.717, 1.165) is 37.7 Å². The van der Waals surface area contributed by atoms with E-state index in [9.17, 15) is 9.59 Å². The summed E-state index contributed by atoms with van der Waals surface area (Å²) in [7, 11) is 0. The second-order valence-corrected chi connectivity index (χ2v) is 6.76. The number of hydrogen-bond donors (Lipinski definition) is 0. The van der Waals surface area contributed by atoms with Crippen LogP contribution in [0.3, 0.4) is 0 Å². The number of carbonyl (C=O) groups excluding carboxylic acids is 2. The van der Waals surface area contributed by atoms with Crippen molar-refractivity contribution in [3.63, 3.8) is 0 Å². The molecule has 2 aliphatic heterocycles. The van der Waals surface area contributed by atoms with Gasteiger partial charge in [0.25, 0.3) is 0 Å². The lowest BCUT2D eigenvalue weighted by Gasteiger charge is -2.38. The molecular weight excluding hydrogens is 302 g/mol. The first-order valence-corrected chi connectivity index (χ1v) is 8.76. The Kier molecular flexibility index (Phi) is 6.37. The largest absolute Gasteiger partial charge is 0.340 e. The molecule has 2 rings (SSSR count). The van der Waals surface area contributed by atoms with Gasteiger partial charge in [-0.15, -0.1) is 0 Å². The lowest BCUT2D eigenvalue weighted by Crippen LogP contribution is -2.47. The SMILES string of the molecule is C=C1CN(C(=O)/C=C/CN2CC(C)C2)CCN1/C(=C\CC)C(C)=O. The molecule has 0 unspecified atom stereocenters. The number of likely N-dealkylation sites (tertiary alicyclic amines) is 1. The van der Waals surface area contributed by atoms with E-state index >= 15 is 0 Å². The number of rotatable bonds is 6. The van der Waals surface area contributed by atoms with Crippen molar-refractivity contribution < 1.29 is 9.59 Å². The molecule has 0 radical (unpaired) electrons. The van der Waals surface area contributed by atoms with Crippen LogP contribution < -0.4 is 0 Å². The predicted octanol–water partition coefficient (Wildman–Crippen LogP) is 2.04. The minimum atomic E-state index is 0.0215. The van der Waals surface area contributed by atoms with Crippen LogP contribution in [-0.2, 0) is 9.59 Å². The van der Waals surface area contributed by atoms with Crippen molar-refractivity contribution in [2.75, 3.05) is 39.3 Å². The highest BCUT2D eigenvalue weighted by Crippen LogP contribution is 2.19. The fourth-order valence-corrected chi connectivity index (χ4v) is 3.26. The molecule has 1 amide bonds. The van der Waals surface area contributed by atoms with Crippen LogP contribution in [0.15, 0.2) is 36.2 Å². The van der Waals surface area contributed by atoms with E-state index in [4.69, 9.17) is 0 Å². The highest BCUT2D eigenvalue weighted by molar-refractivity contribution is 5.93. The minimum absolute atomic E-state index is 0.0215. The van der Waals surface area contributed by atoms with Gasteiger partial charge in [0.2, 0.25) is 5.91 Å². The summed E-state index contributed by atoms with van der Waals surface area (Å²) in [6.07, 6.45) is 6.35. The van der Waals surface area contributed by atoms with Crippen molar-refractivity contribution in [2.45, 2.75) is 27.2 Å². The molecule has 0 spiro atoms. The molecule has 0 N–H and O–H groups in total. The molecule has 2 fully saturated rings. The zero-order valence-electron chi connectivity index (χ0n) is 15.1. The summed E-state index contributed by atoms with van der Waals surface area (Å²) in [6.45, 7) is 14.6. The Morgan fingerprint density at radius 2 is 2.00 bits per heavy atom.